The summed E-state index contributed by atoms with van der Waals surface area (Å²) in [6, 6.07) is 0. The molecule has 0 aliphatic carbocycles. The lowest BCUT2D eigenvalue weighted by Crippen LogP contribution is -2.30. The highest BCUT2D eigenvalue weighted by molar-refractivity contribution is 5.70. The lowest BCUT2D eigenvalue weighted by molar-refractivity contribution is -0.163. The molecule has 0 spiro atoms. The zero-order chi connectivity index (χ0) is 46.3. The highest BCUT2D eigenvalue weighted by Crippen LogP contribution is 2.16. The average Bonchev–Trinajstić information content (AvgIpc) is 3.30. The Hall–Kier alpha value is -2.40. The van der Waals surface area contributed by atoms with Gasteiger partial charge in [0, 0.05) is 19.4 Å². The zero-order valence-electron chi connectivity index (χ0n) is 42.8. The Kier molecular flexibility index (Phi) is 52.9. The van der Waals surface area contributed by atoms with Crippen molar-refractivity contribution in [3.05, 3.63) is 60.8 Å². The largest absolute Gasteiger partial charge is 0.462 e. The maximum Gasteiger partial charge on any atom is 0.306 e. The van der Waals surface area contributed by atoms with Crippen molar-refractivity contribution in [1.82, 2.24) is 0 Å². The number of hydrogen-bond acceptors (Lipinski definition) is 5. The van der Waals surface area contributed by atoms with Crippen LogP contribution in [0.5, 0.6) is 0 Å². The number of rotatable bonds is 51. The van der Waals surface area contributed by atoms with E-state index in [2.05, 4.69) is 81.5 Å². The van der Waals surface area contributed by atoms with Crippen LogP contribution in [-0.4, -0.2) is 37.9 Å². The highest BCUT2D eigenvalue weighted by Gasteiger charge is 2.17. The van der Waals surface area contributed by atoms with Crippen molar-refractivity contribution in [2.45, 2.75) is 284 Å². The number of allylic oxidation sites excluding steroid dienone is 10. The van der Waals surface area contributed by atoms with Crippen LogP contribution in [0.4, 0.5) is 0 Å². The van der Waals surface area contributed by atoms with E-state index in [1.165, 1.54) is 161 Å². The third-order valence-corrected chi connectivity index (χ3v) is 12.0. The summed E-state index contributed by atoms with van der Waals surface area (Å²) in [5, 5.41) is 0. The predicted molar refractivity (Wildman–Crippen MR) is 279 cm³/mol. The zero-order valence-corrected chi connectivity index (χ0v) is 42.8. The number of carbonyl (C=O) groups excluding carboxylic acids is 2. The molecule has 0 aromatic rings. The predicted octanol–water partition coefficient (Wildman–Crippen LogP) is 18.9. The van der Waals surface area contributed by atoms with Crippen molar-refractivity contribution in [2.75, 3.05) is 19.8 Å². The molecule has 0 aromatic carbocycles. The molecule has 0 saturated carbocycles. The average molecular weight is 895 g/mol. The maximum atomic E-state index is 12.8. The second kappa shape index (κ2) is 54.9. The van der Waals surface area contributed by atoms with Gasteiger partial charge in [-0.25, -0.2) is 0 Å². The minimum atomic E-state index is -0.556. The van der Waals surface area contributed by atoms with Crippen molar-refractivity contribution < 1.29 is 23.8 Å². The summed E-state index contributed by atoms with van der Waals surface area (Å²) in [6.45, 7) is 7.69. The number of hydrogen-bond donors (Lipinski definition) is 0. The normalized spacial score (nSPS) is 12.6. The Morgan fingerprint density at radius 1 is 0.359 bits per heavy atom. The van der Waals surface area contributed by atoms with Crippen LogP contribution in [0.25, 0.3) is 0 Å². The first kappa shape index (κ1) is 61.6. The fourth-order valence-electron chi connectivity index (χ4n) is 7.91. The van der Waals surface area contributed by atoms with Crippen LogP contribution in [0, 0.1) is 0 Å². The quantitative estimate of drug-likeness (QED) is 0.0346. The first-order valence-corrected chi connectivity index (χ1v) is 27.8. The lowest BCUT2D eigenvalue weighted by Gasteiger charge is -2.18. The number of ether oxygens (including phenoxy) is 3. The van der Waals surface area contributed by atoms with E-state index in [1.54, 1.807) is 0 Å². The van der Waals surface area contributed by atoms with E-state index >= 15 is 0 Å². The fraction of sp³-hybridized carbons (Fsp3) is 0.797. The standard InChI is InChI=1S/C59H106O5/c1-4-7-10-13-16-19-22-25-27-28-29-30-31-33-36-39-42-45-48-51-54-62-55-57(64-59(61)53-50-47-44-41-38-34-24-21-18-15-12-9-6-3)56-63-58(60)52-49-46-43-40-37-35-32-26-23-20-17-14-11-8-5-2/h8,11,17,20-21,24,26,32,37,40,57H,4-7,9-10,12-16,18-19,22-23,25,27-31,33-36,38-39,41-56H2,1-3H3/b11-8-,20-17-,24-21-,32-26-,40-37-. The van der Waals surface area contributed by atoms with Gasteiger partial charge >= 0.3 is 11.9 Å². The molecule has 0 aliphatic heterocycles. The molecule has 0 saturated heterocycles. The number of unbranched alkanes of at least 4 members (excludes halogenated alkanes) is 30. The summed E-state index contributed by atoms with van der Waals surface area (Å²) >= 11 is 0. The third kappa shape index (κ3) is 52.2. The van der Waals surface area contributed by atoms with Crippen LogP contribution in [0.2, 0.25) is 0 Å². The SMILES string of the molecule is CC/C=C\C/C=C\C/C=C\C/C=C\CCCCC(=O)OCC(COCCCCCCCCCCCCCCCCCCCCCC)OC(=O)CCCCCCC/C=C\CCCCCC. The monoisotopic (exact) mass is 895 g/mol. The Labute approximate surface area is 398 Å². The molecule has 372 valence electrons. The molecule has 0 bridgehead atoms. The van der Waals surface area contributed by atoms with Gasteiger partial charge < -0.3 is 14.2 Å². The van der Waals surface area contributed by atoms with Crippen LogP contribution < -0.4 is 0 Å². The molecule has 1 atom stereocenters. The lowest BCUT2D eigenvalue weighted by atomic mass is 10.0. The van der Waals surface area contributed by atoms with E-state index in [9.17, 15) is 9.59 Å². The Bertz CT molecular complexity index is 1100. The summed E-state index contributed by atoms with van der Waals surface area (Å²) in [4.78, 5) is 25.4. The number of esters is 2. The van der Waals surface area contributed by atoms with Gasteiger partial charge in [-0.2, -0.15) is 0 Å². The molecule has 5 heteroatoms. The Morgan fingerprint density at radius 2 is 0.703 bits per heavy atom. The van der Waals surface area contributed by atoms with E-state index in [0.29, 0.717) is 19.4 Å². The van der Waals surface area contributed by atoms with Crippen molar-refractivity contribution in [2.24, 2.45) is 0 Å². The molecule has 0 rings (SSSR count). The van der Waals surface area contributed by atoms with Gasteiger partial charge in [-0.1, -0.05) is 242 Å². The summed E-state index contributed by atoms with van der Waals surface area (Å²) in [5.41, 5.74) is 0. The van der Waals surface area contributed by atoms with Gasteiger partial charge in [0.2, 0.25) is 0 Å². The van der Waals surface area contributed by atoms with Crippen molar-refractivity contribution in [3.63, 3.8) is 0 Å². The molecule has 0 fully saturated rings. The van der Waals surface area contributed by atoms with Gasteiger partial charge in [0.1, 0.15) is 6.61 Å². The molecule has 0 heterocycles. The van der Waals surface area contributed by atoms with E-state index in [-0.39, 0.29) is 25.2 Å². The van der Waals surface area contributed by atoms with Gasteiger partial charge in [-0.05, 0) is 83.5 Å². The third-order valence-electron chi connectivity index (χ3n) is 12.0. The van der Waals surface area contributed by atoms with Crippen molar-refractivity contribution >= 4 is 11.9 Å². The molecule has 0 amide bonds. The summed E-state index contributed by atoms with van der Waals surface area (Å²) in [7, 11) is 0. The van der Waals surface area contributed by atoms with E-state index in [1.807, 2.05) is 0 Å². The van der Waals surface area contributed by atoms with Gasteiger partial charge in [-0.15, -0.1) is 0 Å². The minimum absolute atomic E-state index is 0.0623. The van der Waals surface area contributed by atoms with Gasteiger partial charge in [-0.3, -0.25) is 9.59 Å². The minimum Gasteiger partial charge on any atom is -0.462 e. The smallest absolute Gasteiger partial charge is 0.306 e. The molecule has 64 heavy (non-hydrogen) atoms. The fourth-order valence-corrected chi connectivity index (χ4v) is 7.91. The van der Waals surface area contributed by atoms with Crippen molar-refractivity contribution in [3.8, 4) is 0 Å². The molecule has 0 aliphatic rings. The Balaban J connectivity index is 4.26. The first-order valence-electron chi connectivity index (χ1n) is 27.8. The second-order valence-electron chi connectivity index (χ2n) is 18.5. The maximum absolute atomic E-state index is 12.8. The molecule has 0 aromatic heterocycles. The summed E-state index contributed by atoms with van der Waals surface area (Å²) in [5.74, 6) is -0.445. The van der Waals surface area contributed by atoms with Crippen LogP contribution in [0.15, 0.2) is 60.8 Å². The first-order chi connectivity index (χ1) is 31.6. The summed E-state index contributed by atoms with van der Waals surface area (Å²) in [6.07, 6.45) is 69.6. The second-order valence-corrected chi connectivity index (χ2v) is 18.5. The van der Waals surface area contributed by atoms with Crippen LogP contribution in [-0.2, 0) is 23.8 Å². The topological polar surface area (TPSA) is 61.8 Å². The molecule has 1 unspecified atom stereocenters. The number of carbonyl (C=O) groups is 2. The van der Waals surface area contributed by atoms with Crippen LogP contribution in [0.1, 0.15) is 278 Å². The van der Waals surface area contributed by atoms with Crippen LogP contribution >= 0.6 is 0 Å². The van der Waals surface area contributed by atoms with E-state index < -0.39 is 6.10 Å². The highest BCUT2D eigenvalue weighted by atomic mass is 16.6. The molecule has 5 nitrogen and oxygen atoms in total. The van der Waals surface area contributed by atoms with Gasteiger partial charge in [0.15, 0.2) is 6.10 Å². The molecule has 0 radical (unpaired) electrons. The van der Waals surface area contributed by atoms with Gasteiger partial charge in [0.25, 0.3) is 0 Å². The van der Waals surface area contributed by atoms with Gasteiger partial charge in [0.05, 0.1) is 6.61 Å². The summed E-state index contributed by atoms with van der Waals surface area (Å²) < 4.78 is 17.4. The molecular weight excluding hydrogens is 789 g/mol. The van der Waals surface area contributed by atoms with E-state index in [0.717, 1.165) is 83.5 Å². The Morgan fingerprint density at radius 3 is 1.19 bits per heavy atom. The molecule has 0 N–H and O–H groups in total. The van der Waals surface area contributed by atoms with Crippen LogP contribution in [0.3, 0.4) is 0 Å². The molecular formula is C59H106O5. The van der Waals surface area contributed by atoms with E-state index in [4.69, 9.17) is 14.2 Å². The van der Waals surface area contributed by atoms with Crippen molar-refractivity contribution in [1.29, 1.82) is 0 Å².